The Kier molecular flexibility index (Phi) is 5.14. The van der Waals surface area contributed by atoms with Crippen molar-refractivity contribution < 1.29 is 13.2 Å². The van der Waals surface area contributed by atoms with E-state index in [2.05, 4.69) is 10.4 Å². The van der Waals surface area contributed by atoms with Gasteiger partial charge < -0.3 is 5.32 Å². The van der Waals surface area contributed by atoms with E-state index in [0.717, 1.165) is 29.7 Å². The first-order valence-electron chi connectivity index (χ1n) is 10.7. The normalized spacial score (nSPS) is 20.1. The lowest BCUT2D eigenvalue weighted by Gasteiger charge is -2.19. The summed E-state index contributed by atoms with van der Waals surface area (Å²) >= 11 is 0. The van der Waals surface area contributed by atoms with Gasteiger partial charge >= 0.3 is 0 Å². The standard InChI is InChI=1S/C24H25N3O3S/c28-24(25-23(18-7-3-1-4-8-18)19-9-5-2-6-10-19)21-15-22(17-11-12-17)27(26-21)20-13-14-31(29,30)16-20/h1-10,15,17,20,23H,11-14,16H2,(H,25,28). The van der Waals surface area contributed by atoms with Crippen LogP contribution >= 0.6 is 0 Å². The lowest BCUT2D eigenvalue weighted by atomic mass is 9.98. The molecule has 1 atom stereocenters. The first kappa shape index (κ1) is 20.0. The molecule has 7 heteroatoms. The maximum absolute atomic E-state index is 13.2. The van der Waals surface area contributed by atoms with Gasteiger partial charge in [-0.15, -0.1) is 0 Å². The van der Waals surface area contributed by atoms with Crippen molar-refractivity contribution in [1.82, 2.24) is 15.1 Å². The number of carbonyl (C=O) groups is 1. The van der Waals surface area contributed by atoms with Crippen molar-refractivity contribution in [1.29, 1.82) is 0 Å². The summed E-state index contributed by atoms with van der Waals surface area (Å²) in [5.41, 5.74) is 3.32. The summed E-state index contributed by atoms with van der Waals surface area (Å²) in [5.74, 6) is 0.412. The van der Waals surface area contributed by atoms with Crippen LogP contribution in [-0.4, -0.2) is 35.6 Å². The number of nitrogens with one attached hydrogen (secondary N) is 1. The van der Waals surface area contributed by atoms with Gasteiger partial charge in [0.1, 0.15) is 5.69 Å². The highest BCUT2D eigenvalue weighted by Gasteiger charge is 2.36. The molecule has 1 aliphatic carbocycles. The summed E-state index contributed by atoms with van der Waals surface area (Å²) < 4.78 is 25.8. The molecule has 2 aliphatic rings. The van der Waals surface area contributed by atoms with Gasteiger partial charge in [0.05, 0.1) is 23.6 Å². The molecule has 1 unspecified atom stereocenters. The highest BCUT2D eigenvalue weighted by atomic mass is 32.2. The van der Waals surface area contributed by atoms with Crippen LogP contribution in [0.4, 0.5) is 0 Å². The molecule has 1 aliphatic heterocycles. The zero-order chi connectivity index (χ0) is 21.4. The second-order valence-electron chi connectivity index (χ2n) is 8.46. The van der Waals surface area contributed by atoms with E-state index >= 15 is 0 Å². The molecule has 1 saturated heterocycles. The van der Waals surface area contributed by atoms with Crippen molar-refractivity contribution in [2.24, 2.45) is 0 Å². The summed E-state index contributed by atoms with van der Waals surface area (Å²) in [6.45, 7) is 0. The topological polar surface area (TPSA) is 81.1 Å². The fourth-order valence-corrected chi connectivity index (χ4v) is 6.01. The van der Waals surface area contributed by atoms with E-state index in [9.17, 15) is 13.2 Å². The van der Waals surface area contributed by atoms with Gasteiger partial charge in [-0.25, -0.2) is 8.42 Å². The average Bonchev–Trinajstić information content (AvgIpc) is 3.43. The minimum atomic E-state index is -3.03. The van der Waals surface area contributed by atoms with Crippen molar-refractivity contribution in [3.05, 3.63) is 89.2 Å². The first-order chi connectivity index (χ1) is 15.0. The second-order valence-corrected chi connectivity index (χ2v) is 10.7. The van der Waals surface area contributed by atoms with E-state index in [4.69, 9.17) is 0 Å². The Hall–Kier alpha value is -2.93. The Bertz CT molecular complexity index is 1150. The molecule has 0 radical (unpaired) electrons. The molecule has 2 aromatic carbocycles. The van der Waals surface area contributed by atoms with Gasteiger partial charge in [-0.2, -0.15) is 5.10 Å². The Balaban J connectivity index is 1.45. The third-order valence-electron chi connectivity index (χ3n) is 6.09. The third-order valence-corrected chi connectivity index (χ3v) is 7.84. The molecule has 2 heterocycles. The van der Waals surface area contributed by atoms with Crippen molar-refractivity contribution in [2.45, 2.75) is 37.3 Å². The summed E-state index contributed by atoms with van der Waals surface area (Å²) in [7, 11) is -3.03. The monoisotopic (exact) mass is 435 g/mol. The second kappa shape index (κ2) is 7.96. The lowest BCUT2D eigenvalue weighted by Crippen LogP contribution is -2.30. The van der Waals surface area contributed by atoms with Gasteiger partial charge in [0, 0.05) is 11.6 Å². The number of sulfone groups is 1. The van der Waals surface area contributed by atoms with Crippen molar-refractivity contribution in [3.8, 4) is 0 Å². The van der Waals surface area contributed by atoms with E-state index in [0.29, 0.717) is 18.0 Å². The number of aromatic nitrogens is 2. The number of amides is 1. The molecule has 3 aromatic rings. The largest absolute Gasteiger partial charge is 0.340 e. The minimum Gasteiger partial charge on any atom is -0.340 e. The van der Waals surface area contributed by atoms with Crippen LogP contribution in [0.5, 0.6) is 0 Å². The van der Waals surface area contributed by atoms with Crippen molar-refractivity contribution >= 4 is 15.7 Å². The number of hydrogen-bond donors (Lipinski definition) is 1. The van der Waals surface area contributed by atoms with Gasteiger partial charge in [-0.3, -0.25) is 9.48 Å². The van der Waals surface area contributed by atoms with Crippen LogP contribution in [0.25, 0.3) is 0 Å². The molecule has 1 N–H and O–H groups in total. The summed E-state index contributed by atoms with van der Waals surface area (Å²) in [6.07, 6.45) is 2.67. The van der Waals surface area contributed by atoms with Crippen LogP contribution in [0.2, 0.25) is 0 Å². The molecule has 31 heavy (non-hydrogen) atoms. The van der Waals surface area contributed by atoms with Gasteiger partial charge in [0.25, 0.3) is 5.91 Å². The van der Waals surface area contributed by atoms with Crippen LogP contribution in [-0.2, 0) is 9.84 Å². The number of rotatable bonds is 6. The maximum Gasteiger partial charge on any atom is 0.272 e. The molecule has 0 bridgehead atoms. The predicted octanol–water partition coefficient (Wildman–Crippen LogP) is 3.64. The van der Waals surface area contributed by atoms with E-state index in [1.54, 1.807) is 0 Å². The Labute approximate surface area is 182 Å². The number of benzene rings is 2. The van der Waals surface area contributed by atoms with Crippen LogP contribution in [0.15, 0.2) is 66.7 Å². The predicted molar refractivity (Wildman–Crippen MR) is 119 cm³/mol. The highest BCUT2D eigenvalue weighted by molar-refractivity contribution is 7.91. The quantitative estimate of drug-likeness (QED) is 0.641. The maximum atomic E-state index is 13.2. The SMILES string of the molecule is O=C(NC(c1ccccc1)c1ccccc1)c1cc(C2CC2)n(C2CCS(=O)(=O)C2)n1. The Morgan fingerprint density at radius 3 is 2.10 bits per heavy atom. The molecule has 160 valence electrons. The highest BCUT2D eigenvalue weighted by Crippen LogP contribution is 2.42. The lowest BCUT2D eigenvalue weighted by molar-refractivity contribution is 0.0937. The molecule has 5 rings (SSSR count). The van der Waals surface area contributed by atoms with Crippen molar-refractivity contribution in [2.75, 3.05) is 11.5 Å². The minimum absolute atomic E-state index is 0.103. The van der Waals surface area contributed by atoms with Crippen LogP contribution in [0, 0.1) is 0 Å². The molecular weight excluding hydrogens is 410 g/mol. The van der Waals surface area contributed by atoms with Gasteiger partial charge in [-0.1, -0.05) is 60.7 Å². The van der Waals surface area contributed by atoms with Crippen LogP contribution in [0.3, 0.4) is 0 Å². The van der Waals surface area contributed by atoms with Crippen LogP contribution in [0.1, 0.15) is 64.6 Å². The van der Waals surface area contributed by atoms with Gasteiger partial charge in [-0.05, 0) is 36.5 Å². The zero-order valence-corrected chi connectivity index (χ0v) is 18.0. The summed E-state index contributed by atoms with van der Waals surface area (Å²) in [5, 5.41) is 7.74. The van der Waals surface area contributed by atoms with Crippen LogP contribution < -0.4 is 5.32 Å². The summed E-state index contributed by atoms with van der Waals surface area (Å²) in [4.78, 5) is 13.2. The fraction of sp³-hybridized carbons (Fsp3) is 0.333. The number of hydrogen-bond acceptors (Lipinski definition) is 4. The average molecular weight is 436 g/mol. The van der Waals surface area contributed by atoms with Crippen molar-refractivity contribution in [3.63, 3.8) is 0 Å². The molecule has 1 saturated carbocycles. The smallest absolute Gasteiger partial charge is 0.272 e. The summed E-state index contributed by atoms with van der Waals surface area (Å²) in [6, 6.07) is 21.1. The van der Waals surface area contributed by atoms with Gasteiger partial charge in [0.15, 0.2) is 9.84 Å². The Morgan fingerprint density at radius 1 is 0.968 bits per heavy atom. The van der Waals surface area contributed by atoms with Gasteiger partial charge in [0.2, 0.25) is 0 Å². The van der Waals surface area contributed by atoms with E-state index in [1.807, 2.05) is 71.4 Å². The van der Waals surface area contributed by atoms with E-state index in [-0.39, 0.29) is 29.5 Å². The first-order valence-corrected chi connectivity index (χ1v) is 12.5. The molecule has 2 fully saturated rings. The zero-order valence-electron chi connectivity index (χ0n) is 17.1. The molecule has 6 nitrogen and oxygen atoms in total. The number of nitrogens with zero attached hydrogens (tertiary/aromatic N) is 2. The number of carbonyl (C=O) groups excluding carboxylic acids is 1. The van der Waals surface area contributed by atoms with E-state index in [1.165, 1.54) is 0 Å². The molecule has 1 amide bonds. The molecule has 0 spiro atoms. The van der Waals surface area contributed by atoms with E-state index < -0.39 is 9.84 Å². The fourth-order valence-electron chi connectivity index (χ4n) is 4.32. The third kappa shape index (κ3) is 4.28. The molecule has 1 aromatic heterocycles. The molecular formula is C24H25N3O3S. The Morgan fingerprint density at radius 2 is 1.58 bits per heavy atom.